The van der Waals surface area contributed by atoms with E-state index < -0.39 is 0 Å². The molecule has 14 heavy (non-hydrogen) atoms. The third-order valence-corrected chi connectivity index (χ3v) is 2.98. The molecule has 5 heteroatoms. The van der Waals surface area contributed by atoms with Gasteiger partial charge in [-0.3, -0.25) is 0 Å². The van der Waals surface area contributed by atoms with E-state index >= 15 is 0 Å². The van der Waals surface area contributed by atoms with Crippen molar-refractivity contribution in [3.63, 3.8) is 0 Å². The third-order valence-electron chi connectivity index (χ3n) is 1.90. The molecule has 2 heterocycles. The van der Waals surface area contributed by atoms with Gasteiger partial charge in [-0.25, -0.2) is 4.98 Å². The van der Waals surface area contributed by atoms with Crippen LogP contribution < -0.4 is 5.73 Å². The Labute approximate surface area is 85.7 Å². The van der Waals surface area contributed by atoms with Crippen molar-refractivity contribution in [1.29, 1.82) is 0 Å². The van der Waals surface area contributed by atoms with E-state index in [1.165, 1.54) is 0 Å². The second kappa shape index (κ2) is 3.51. The summed E-state index contributed by atoms with van der Waals surface area (Å²) in [6, 6.07) is 1.86. The van der Waals surface area contributed by atoms with Gasteiger partial charge in [-0.15, -0.1) is 11.3 Å². The lowest BCUT2D eigenvalue weighted by molar-refractivity contribution is 0.424. The average molecular weight is 209 g/mol. The topological polar surface area (TPSA) is 64.9 Å². The molecule has 0 bridgehead atoms. The number of rotatable bonds is 2. The lowest BCUT2D eigenvalue weighted by atomic mass is 10.3. The molecule has 0 amide bonds. The highest BCUT2D eigenvalue weighted by atomic mass is 32.1. The maximum absolute atomic E-state index is 5.45. The molecule has 0 saturated carbocycles. The molecule has 0 saturated heterocycles. The Bertz CT molecular complexity index is 447. The monoisotopic (exact) mass is 209 g/mol. The summed E-state index contributed by atoms with van der Waals surface area (Å²) in [5.41, 5.74) is 7.20. The lowest BCUT2D eigenvalue weighted by Gasteiger charge is -1.87. The minimum absolute atomic E-state index is 0.403. The number of aromatic nitrogens is 2. The molecule has 4 nitrogen and oxygen atoms in total. The normalized spacial score (nSPS) is 10.8. The number of nitrogens with two attached hydrogens (primary N) is 1. The number of thiazole rings is 1. The molecule has 0 aliphatic heterocycles. The van der Waals surface area contributed by atoms with Crippen LogP contribution in [0, 0.1) is 13.8 Å². The zero-order valence-electron chi connectivity index (χ0n) is 8.07. The molecule has 0 aromatic carbocycles. The minimum atomic E-state index is 0.403. The van der Waals surface area contributed by atoms with Gasteiger partial charge in [0.1, 0.15) is 0 Å². The third kappa shape index (κ3) is 1.56. The zero-order valence-corrected chi connectivity index (χ0v) is 8.89. The quantitative estimate of drug-likeness (QED) is 0.820. The molecule has 0 fully saturated rings. The van der Waals surface area contributed by atoms with Crippen LogP contribution in [0.3, 0.4) is 0 Å². The number of aryl methyl sites for hydroxylation is 2. The van der Waals surface area contributed by atoms with Crippen LogP contribution in [-0.2, 0) is 6.54 Å². The molecule has 0 aliphatic rings. The fourth-order valence-corrected chi connectivity index (χ4v) is 2.14. The summed E-state index contributed by atoms with van der Waals surface area (Å²) >= 11 is 1.61. The Morgan fingerprint density at radius 2 is 2.29 bits per heavy atom. The van der Waals surface area contributed by atoms with Crippen LogP contribution in [0.25, 0.3) is 10.6 Å². The van der Waals surface area contributed by atoms with Crippen LogP contribution in [0.5, 0.6) is 0 Å². The second-order valence-corrected chi connectivity index (χ2v) is 4.24. The molecule has 0 spiro atoms. The van der Waals surface area contributed by atoms with E-state index in [0.717, 1.165) is 27.0 Å². The van der Waals surface area contributed by atoms with Gasteiger partial charge >= 0.3 is 0 Å². The van der Waals surface area contributed by atoms with Crippen LogP contribution in [0.4, 0.5) is 0 Å². The first-order valence-electron chi connectivity index (χ1n) is 4.30. The van der Waals surface area contributed by atoms with Crippen molar-refractivity contribution in [3.05, 3.63) is 22.5 Å². The molecular weight excluding hydrogens is 198 g/mol. The Hall–Kier alpha value is -1.20. The summed E-state index contributed by atoms with van der Waals surface area (Å²) in [5.74, 6) is 0.758. The number of hydrogen-bond donors (Lipinski definition) is 1. The van der Waals surface area contributed by atoms with Crippen LogP contribution in [0.2, 0.25) is 0 Å². The number of hydrogen-bond acceptors (Lipinski definition) is 5. The standard InChI is InChI=1S/C9H11N3OS/c1-5-9(14-6(2)11-5)8-3-7(4-10)12-13-8/h3H,4,10H2,1-2H3. The summed E-state index contributed by atoms with van der Waals surface area (Å²) in [6.07, 6.45) is 0. The minimum Gasteiger partial charge on any atom is -0.355 e. The molecule has 0 aliphatic carbocycles. The summed E-state index contributed by atoms with van der Waals surface area (Å²) in [4.78, 5) is 5.36. The summed E-state index contributed by atoms with van der Waals surface area (Å²) in [6.45, 7) is 4.34. The van der Waals surface area contributed by atoms with Crippen molar-refractivity contribution in [1.82, 2.24) is 10.1 Å². The summed E-state index contributed by atoms with van der Waals surface area (Å²) < 4.78 is 5.18. The highest BCUT2D eigenvalue weighted by Gasteiger charge is 2.12. The first-order valence-corrected chi connectivity index (χ1v) is 5.12. The Morgan fingerprint density at radius 1 is 1.50 bits per heavy atom. The van der Waals surface area contributed by atoms with Crippen LogP contribution in [0.15, 0.2) is 10.6 Å². The van der Waals surface area contributed by atoms with Gasteiger partial charge in [0.2, 0.25) is 0 Å². The average Bonchev–Trinajstić information content (AvgIpc) is 2.71. The smallest absolute Gasteiger partial charge is 0.179 e. The number of nitrogens with zero attached hydrogens (tertiary/aromatic N) is 2. The molecule has 0 radical (unpaired) electrons. The van der Waals surface area contributed by atoms with Crippen molar-refractivity contribution in [2.75, 3.05) is 0 Å². The Balaban J connectivity index is 2.43. The Kier molecular flexibility index (Phi) is 2.35. The SMILES string of the molecule is Cc1nc(C)c(-c2cc(CN)no2)s1. The highest BCUT2D eigenvalue weighted by molar-refractivity contribution is 7.15. The van der Waals surface area contributed by atoms with Gasteiger partial charge in [0.05, 0.1) is 21.3 Å². The van der Waals surface area contributed by atoms with Gasteiger partial charge in [-0.05, 0) is 13.8 Å². The molecule has 0 unspecified atom stereocenters. The van der Waals surface area contributed by atoms with E-state index in [1.54, 1.807) is 11.3 Å². The van der Waals surface area contributed by atoms with E-state index in [9.17, 15) is 0 Å². The molecule has 0 atom stereocenters. The van der Waals surface area contributed by atoms with E-state index in [-0.39, 0.29) is 0 Å². The van der Waals surface area contributed by atoms with Crippen molar-refractivity contribution >= 4 is 11.3 Å². The lowest BCUT2D eigenvalue weighted by Crippen LogP contribution is -1.94. The molecule has 2 N–H and O–H groups in total. The van der Waals surface area contributed by atoms with E-state index in [4.69, 9.17) is 10.3 Å². The first kappa shape index (κ1) is 9.36. The predicted octanol–water partition coefficient (Wildman–Crippen LogP) is 1.87. The second-order valence-electron chi connectivity index (χ2n) is 3.03. The molecule has 2 rings (SSSR count). The van der Waals surface area contributed by atoms with Crippen LogP contribution in [-0.4, -0.2) is 10.1 Å². The predicted molar refractivity (Wildman–Crippen MR) is 55.0 cm³/mol. The largest absolute Gasteiger partial charge is 0.355 e. The van der Waals surface area contributed by atoms with E-state index in [1.807, 2.05) is 19.9 Å². The fraction of sp³-hybridized carbons (Fsp3) is 0.333. The van der Waals surface area contributed by atoms with Gasteiger partial charge < -0.3 is 10.3 Å². The van der Waals surface area contributed by atoms with Crippen molar-refractivity contribution in [3.8, 4) is 10.6 Å². The molecule has 2 aromatic heterocycles. The van der Waals surface area contributed by atoms with Crippen LogP contribution in [0.1, 0.15) is 16.4 Å². The van der Waals surface area contributed by atoms with Crippen molar-refractivity contribution in [2.45, 2.75) is 20.4 Å². The summed E-state index contributed by atoms with van der Waals surface area (Å²) in [5, 5.41) is 4.87. The molecular formula is C9H11N3OS. The van der Waals surface area contributed by atoms with E-state index in [2.05, 4.69) is 10.1 Å². The fourth-order valence-electron chi connectivity index (χ4n) is 1.27. The van der Waals surface area contributed by atoms with Gasteiger partial charge in [-0.1, -0.05) is 5.16 Å². The van der Waals surface area contributed by atoms with Gasteiger partial charge in [0.25, 0.3) is 0 Å². The van der Waals surface area contributed by atoms with E-state index in [0.29, 0.717) is 6.54 Å². The summed E-state index contributed by atoms with van der Waals surface area (Å²) in [7, 11) is 0. The van der Waals surface area contributed by atoms with Gasteiger partial charge in [-0.2, -0.15) is 0 Å². The van der Waals surface area contributed by atoms with Gasteiger partial charge in [0, 0.05) is 12.6 Å². The molecule has 2 aromatic rings. The maximum atomic E-state index is 5.45. The Morgan fingerprint density at radius 3 is 2.79 bits per heavy atom. The maximum Gasteiger partial charge on any atom is 0.179 e. The van der Waals surface area contributed by atoms with Crippen molar-refractivity contribution < 1.29 is 4.52 Å². The van der Waals surface area contributed by atoms with Crippen LogP contribution >= 0.6 is 11.3 Å². The molecule has 74 valence electrons. The zero-order chi connectivity index (χ0) is 10.1. The first-order chi connectivity index (χ1) is 6.70. The van der Waals surface area contributed by atoms with Gasteiger partial charge in [0.15, 0.2) is 5.76 Å². The highest BCUT2D eigenvalue weighted by Crippen LogP contribution is 2.29. The van der Waals surface area contributed by atoms with Crippen molar-refractivity contribution in [2.24, 2.45) is 5.73 Å².